The monoisotopic (exact) mass is 341 g/mol. The van der Waals surface area contributed by atoms with Crippen LogP contribution in [0.2, 0.25) is 10.0 Å². The number of fused-ring (bicyclic) bond motifs is 1. The molecule has 3 rings (SSSR count). The molecule has 0 spiro atoms. The lowest BCUT2D eigenvalue weighted by molar-refractivity contribution is 0.489. The van der Waals surface area contributed by atoms with Crippen LogP contribution in [0.1, 0.15) is 0 Å². The third-order valence-corrected chi connectivity index (χ3v) is 4.87. The van der Waals surface area contributed by atoms with Crippen molar-refractivity contribution in [1.82, 2.24) is 4.98 Å². The number of benzene rings is 2. The molecule has 3 aromatic rings. The van der Waals surface area contributed by atoms with E-state index in [9.17, 15) is 8.42 Å². The van der Waals surface area contributed by atoms with Gasteiger partial charge in [0.1, 0.15) is 4.90 Å². The van der Waals surface area contributed by atoms with Crippen LogP contribution >= 0.6 is 23.2 Å². The minimum atomic E-state index is -4.03. The van der Waals surface area contributed by atoms with E-state index in [1.54, 1.807) is 24.4 Å². The van der Waals surface area contributed by atoms with E-state index in [0.717, 1.165) is 5.52 Å². The second kappa shape index (κ2) is 5.26. The Balaban J connectivity index is 2.05. The number of nitrogens with one attached hydrogen (secondary N) is 1. The van der Waals surface area contributed by atoms with Gasteiger partial charge in [-0.05, 0) is 36.4 Å². The first-order chi connectivity index (χ1) is 9.97. The minimum absolute atomic E-state index is 0.0174. The van der Waals surface area contributed by atoms with Crippen LogP contribution in [-0.4, -0.2) is 13.4 Å². The average Bonchev–Trinajstić information content (AvgIpc) is 2.87. The fraction of sp³-hybridized carbons (Fsp3) is 0. The number of aromatic amines is 1. The highest BCUT2D eigenvalue weighted by Gasteiger charge is 2.21. The summed E-state index contributed by atoms with van der Waals surface area (Å²) in [5.74, 6) is 0.236. The first kappa shape index (κ1) is 14.3. The van der Waals surface area contributed by atoms with Gasteiger partial charge in [0.2, 0.25) is 0 Å². The van der Waals surface area contributed by atoms with Gasteiger partial charge in [0, 0.05) is 22.1 Å². The molecule has 21 heavy (non-hydrogen) atoms. The number of hydrogen-bond donors (Lipinski definition) is 1. The van der Waals surface area contributed by atoms with E-state index in [1.807, 2.05) is 6.07 Å². The van der Waals surface area contributed by atoms with Crippen molar-refractivity contribution in [2.75, 3.05) is 0 Å². The molecule has 0 aliphatic heterocycles. The van der Waals surface area contributed by atoms with Crippen LogP contribution in [0.3, 0.4) is 0 Å². The van der Waals surface area contributed by atoms with E-state index < -0.39 is 10.1 Å². The summed E-state index contributed by atoms with van der Waals surface area (Å²) in [7, 11) is -4.03. The molecule has 0 radical (unpaired) electrons. The lowest BCUT2D eigenvalue weighted by atomic mass is 10.2. The van der Waals surface area contributed by atoms with Crippen LogP contribution in [0.5, 0.6) is 5.75 Å². The van der Waals surface area contributed by atoms with Gasteiger partial charge in [-0.2, -0.15) is 8.42 Å². The molecule has 0 bridgehead atoms. The summed E-state index contributed by atoms with van der Waals surface area (Å²) >= 11 is 11.7. The zero-order valence-electron chi connectivity index (χ0n) is 10.5. The van der Waals surface area contributed by atoms with Gasteiger partial charge in [-0.1, -0.05) is 29.3 Å². The second-order valence-corrected chi connectivity index (χ2v) is 6.67. The zero-order valence-corrected chi connectivity index (χ0v) is 12.8. The zero-order chi connectivity index (χ0) is 15.0. The van der Waals surface area contributed by atoms with Gasteiger partial charge in [0.15, 0.2) is 5.75 Å². The van der Waals surface area contributed by atoms with Crippen molar-refractivity contribution in [1.29, 1.82) is 0 Å². The smallest absolute Gasteiger partial charge is 0.340 e. The van der Waals surface area contributed by atoms with Crippen molar-refractivity contribution in [3.8, 4) is 5.75 Å². The molecule has 2 aromatic carbocycles. The van der Waals surface area contributed by atoms with Gasteiger partial charge in [0.05, 0.1) is 5.02 Å². The summed E-state index contributed by atoms with van der Waals surface area (Å²) in [6.45, 7) is 0. The maximum absolute atomic E-state index is 12.3. The van der Waals surface area contributed by atoms with E-state index in [0.29, 0.717) is 10.4 Å². The maximum Gasteiger partial charge on any atom is 0.340 e. The summed E-state index contributed by atoms with van der Waals surface area (Å²) < 4.78 is 29.9. The summed E-state index contributed by atoms with van der Waals surface area (Å²) in [4.78, 5) is 2.86. The Kier molecular flexibility index (Phi) is 3.57. The molecule has 0 aliphatic rings. The molecule has 4 nitrogen and oxygen atoms in total. The van der Waals surface area contributed by atoms with Gasteiger partial charge in [0.25, 0.3) is 0 Å². The van der Waals surface area contributed by atoms with Crippen LogP contribution < -0.4 is 4.18 Å². The number of rotatable bonds is 3. The third-order valence-electron chi connectivity index (χ3n) is 2.92. The Hall–Kier alpha value is -1.69. The normalized spacial score (nSPS) is 11.7. The highest BCUT2D eigenvalue weighted by Crippen LogP contribution is 2.30. The molecular weight excluding hydrogens is 333 g/mol. The Morgan fingerprint density at radius 1 is 1.05 bits per heavy atom. The van der Waals surface area contributed by atoms with Crippen LogP contribution in [0.4, 0.5) is 0 Å². The lowest BCUT2D eigenvalue weighted by Crippen LogP contribution is -2.10. The Labute approximate surface area is 131 Å². The molecule has 0 atom stereocenters. The predicted octanol–water partition coefficient (Wildman–Crippen LogP) is 4.24. The summed E-state index contributed by atoms with van der Waals surface area (Å²) in [6, 6.07) is 11.0. The highest BCUT2D eigenvalue weighted by atomic mass is 35.5. The largest absolute Gasteiger partial charge is 0.378 e. The highest BCUT2D eigenvalue weighted by molar-refractivity contribution is 7.87. The standard InChI is InChI=1S/C14H9Cl2NO3S/c15-9-4-5-14(11(16)8-9)21(18,19)20-13-3-1-2-12-10(13)6-7-17-12/h1-8,17H. The molecule has 108 valence electrons. The van der Waals surface area contributed by atoms with E-state index in [4.69, 9.17) is 27.4 Å². The topological polar surface area (TPSA) is 59.2 Å². The molecule has 0 saturated carbocycles. The fourth-order valence-electron chi connectivity index (χ4n) is 1.97. The summed E-state index contributed by atoms with van der Waals surface area (Å²) in [5, 5.41) is 1.04. The van der Waals surface area contributed by atoms with E-state index in [-0.39, 0.29) is 15.7 Å². The van der Waals surface area contributed by atoms with Crippen molar-refractivity contribution in [3.05, 3.63) is 58.7 Å². The summed E-state index contributed by atoms with van der Waals surface area (Å²) in [6.07, 6.45) is 1.71. The molecule has 0 aliphatic carbocycles. The second-order valence-electron chi connectivity index (χ2n) is 4.31. The average molecular weight is 342 g/mol. The molecule has 0 amide bonds. The Morgan fingerprint density at radius 2 is 1.86 bits per heavy atom. The predicted molar refractivity (Wildman–Crippen MR) is 82.6 cm³/mol. The summed E-state index contributed by atoms with van der Waals surface area (Å²) in [5.41, 5.74) is 0.782. The quantitative estimate of drug-likeness (QED) is 0.724. The van der Waals surface area contributed by atoms with E-state index in [1.165, 1.54) is 18.2 Å². The fourth-order valence-corrected chi connectivity index (χ4v) is 3.67. The number of H-pyrrole nitrogens is 1. The molecular formula is C14H9Cl2NO3S. The van der Waals surface area contributed by atoms with E-state index >= 15 is 0 Å². The van der Waals surface area contributed by atoms with Crippen molar-refractivity contribution in [3.63, 3.8) is 0 Å². The third kappa shape index (κ3) is 2.72. The molecule has 1 aromatic heterocycles. The van der Waals surface area contributed by atoms with Crippen LogP contribution in [-0.2, 0) is 10.1 Å². The van der Waals surface area contributed by atoms with Crippen molar-refractivity contribution < 1.29 is 12.6 Å². The van der Waals surface area contributed by atoms with Crippen LogP contribution in [0.25, 0.3) is 10.9 Å². The molecule has 1 heterocycles. The van der Waals surface area contributed by atoms with Gasteiger partial charge in [-0.3, -0.25) is 0 Å². The van der Waals surface area contributed by atoms with Crippen molar-refractivity contribution >= 4 is 44.2 Å². The Morgan fingerprint density at radius 3 is 2.62 bits per heavy atom. The van der Waals surface area contributed by atoms with E-state index in [2.05, 4.69) is 4.98 Å². The number of hydrogen-bond acceptors (Lipinski definition) is 3. The first-order valence-corrected chi connectivity index (χ1v) is 8.09. The lowest BCUT2D eigenvalue weighted by Gasteiger charge is -2.09. The minimum Gasteiger partial charge on any atom is -0.378 e. The van der Waals surface area contributed by atoms with Gasteiger partial charge >= 0.3 is 10.1 Å². The molecule has 7 heteroatoms. The van der Waals surface area contributed by atoms with Gasteiger partial charge < -0.3 is 9.17 Å². The van der Waals surface area contributed by atoms with Gasteiger partial charge in [-0.15, -0.1) is 0 Å². The molecule has 0 saturated heterocycles. The van der Waals surface area contributed by atoms with Crippen LogP contribution in [0.15, 0.2) is 53.6 Å². The molecule has 0 fully saturated rings. The Bertz CT molecular complexity index is 919. The SMILES string of the molecule is O=S(=O)(Oc1cccc2[nH]ccc12)c1ccc(Cl)cc1Cl. The molecule has 0 unspecified atom stereocenters. The number of aromatic nitrogens is 1. The van der Waals surface area contributed by atoms with Crippen LogP contribution in [0, 0.1) is 0 Å². The maximum atomic E-state index is 12.3. The van der Waals surface area contributed by atoms with Crippen molar-refractivity contribution in [2.45, 2.75) is 4.90 Å². The van der Waals surface area contributed by atoms with Gasteiger partial charge in [-0.25, -0.2) is 0 Å². The first-order valence-electron chi connectivity index (χ1n) is 5.93. The molecule has 1 N–H and O–H groups in total. The number of halogens is 2. The van der Waals surface area contributed by atoms with Crippen molar-refractivity contribution in [2.24, 2.45) is 0 Å².